The van der Waals surface area contributed by atoms with E-state index >= 15 is 0 Å². The maximum Gasteiger partial charge on any atom is 0.303 e. The Hall–Kier alpha value is -2.82. The van der Waals surface area contributed by atoms with Crippen molar-refractivity contribution in [2.75, 3.05) is 0 Å². The van der Waals surface area contributed by atoms with Crippen LogP contribution in [-0.2, 0) is 11.2 Å². The highest BCUT2D eigenvalue weighted by Crippen LogP contribution is 2.34. The smallest absolute Gasteiger partial charge is 0.303 e. The molecule has 2 aromatic heterocycles. The van der Waals surface area contributed by atoms with Crippen LogP contribution in [0.4, 0.5) is 0 Å². The minimum Gasteiger partial charge on any atom is -0.490 e. The molecule has 0 radical (unpaired) electrons. The number of carboxylic acid groups (broad SMARTS) is 1. The lowest BCUT2D eigenvalue weighted by atomic mass is 10.0. The number of rotatable bonds is 6. The number of imidazole rings is 1. The van der Waals surface area contributed by atoms with Crippen LogP contribution in [0.15, 0.2) is 48.9 Å². The second-order valence-electron chi connectivity index (χ2n) is 6.86. The zero-order valence-corrected chi connectivity index (χ0v) is 14.6. The van der Waals surface area contributed by atoms with E-state index in [0.29, 0.717) is 6.42 Å². The average molecular weight is 350 g/mol. The Balaban J connectivity index is 1.71. The van der Waals surface area contributed by atoms with E-state index in [1.165, 1.54) is 12.8 Å². The Kier molecular flexibility index (Phi) is 4.61. The molecular formula is C21H22N2O3. The molecule has 0 atom stereocenters. The van der Waals surface area contributed by atoms with Gasteiger partial charge in [0, 0.05) is 36.1 Å². The molecule has 0 spiro atoms. The monoisotopic (exact) mass is 350 g/mol. The second-order valence-corrected chi connectivity index (χ2v) is 6.86. The van der Waals surface area contributed by atoms with Gasteiger partial charge in [-0.3, -0.25) is 4.79 Å². The SMILES string of the molecule is O=C(O)CCc1ccc(OC2CCCC2)c(-c2ccc3nccn3c2)c1. The quantitative estimate of drug-likeness (QED) is 0.718. The van der Waals surface area contributed by atoms with Gasteiger partial charge in [0.05, 0.1) is 6.10 Å². The van der Waals surface area contributed by atoms with Gasteiger partial charge in [-0.1, -0.05) is 6.07 Å². The van der Waals surface area contributed by atoms with E-state index in [1.54, 1.807) is 6.20 Å². The predicted octanol–water partition coefficient (Wildman–Crippen LogP) is 4.34. The van der Waals surface area contributed by atoms with Crippen molar-refractivity contribution in [1.82, 2.24) is 9.38 Å². The van der Waals surface area contributed by atoms with Crippen LogP contribution in [-0.4, -0.2) is 26.6 Å². The van der Waals surface area contributed by atoms with Gasteiger partial charge in [0.2, 0.25) is 0 Å². The summed E-state index contributed by atoms with van der Waals surface area (Å²) in [7, 11) is 0. The summed E-state index contributed by atoms with van der Waals surface area (Å²) in [6.07, 6.45) is 11.3. The molecule has 0 unspecified atom stereocenters. The third kappa shape index (κ3) is 3.57. The van der Waals surface area contributed by atoms with Gasteiger partial charge in [-0.05, 0) is 61.9 Å². The number of benzene rings is 1. The summed E-state index contributed by atoms with van der Waals surface area (Å²) in [5.41, 5.74) is 3.96. The van der Waals surface area contributed by atoms with Gasteiger partial charge >= 0.3 is 5.97 Å². The van der Waals surface area contributed by atoms with Gasteiger partial charge in [-0.2, -0.15) is 0 Å². The summed E-state index contributed by atoms with van der Waals surface area (Å²) < 4.78 is 8.28. The fourth-order valence-corrected chi connectivity index (χ4v) is 3.58. The molecule has 1 aliphatic rings. The molecule has 0 bridgehead atoms. The molecule has 26 heavy (non-hydrogen) atoms. The lowest BCUT2D eigenvalue weighted by Crippen LogP contribution is -2.11. The maximum atomic E-state index is 10.9. The van der Waals surface area contributed by atoms with Gasteiger partial charge < -0.3 is 14.2 Å². The number of hydrogen-bond donors (Lipinski definition) is 1. The number of pyridine rings is 1. The molecular weight excluding hydrogens is 328 g/mol. The van der Waals surface area contributed by atoms with E-state index in [4.69, 9.17) is 9.84 Å². The Morgan fingerprint density at radius 2 is 2.08 bits per heavy atom. The third-order valence-electron chi connectivity index (χ3n) is 4.97. The Morgan fingerprint density at radius 1 is 1.23 bits per heavy atom. The number of carboxylic acids is 1. The van der Waals surface area contributed by atoms with Crippen LogP contribution in [0.2, 0.25) is 0 Å². The first kappa shape index (κ1) is 16.6. The van der Waals surface area contributed by atoms with Gasteiger partial charge in [0.1, 0.15) is 11.4 Å². The molecule has 5 heteroatoms. The second kappa shape index (κ2) is 7.20. The average Bonchev–Trinajstić information content (AvgIpc) is 3.31. The number of aliphatic carboxylic acids is 1. The summed E-state index contributed by atoms with van der Waals surface area (Å²) in [4.78, 5) is 15.2. The van der Waals surface area contributed by atoms with Crippen LogP contribution >= 0.6 is 0 Å². The van der Waals surface area contributed by atoms with Crippen LogP contribution in [0, 0.1) is 0 Å². The topological polar surface area (TPSA) is 63.8 Å². The van der Waals surface area contributed by atoms with Crippen molar-refractivity contribution in [3.63, 3.8) is 0 Å². The third-order valence-corrected chi connectivity index (χ3v) is 4.97. The maximum absolute atomic E-state index is 10.9. The zero-order chi connectivity index (χ0) is 17.9. The van der Waals surface area contributed by atoms with Crippen molar-refractivity contribution in [1.29, 1.82) is 0 Å². The van der Waals surface area contributed by atoms with Crippen LogP contribution in [0.1, 0.15) is 37.7 Å². The molecule has 5 nitrogen and oxygen atoms in total. The van der Waals surface area contributed by atoms with E-state index in [-0.39, 0.29) is 12.5 Å². The summed E-state index contributed by atoms with van der Waals surface area (Å²) >= 11 is 0. The first-order valence-corrected chi connectivity index (χ1v) is 9.13. The lowest BCUT2D eigenvalue weighted by Gasteiger charge is -2.18. The summed E-state index contributed by atoms with van der Waals surface area (Å²) in [5.74, 6) is 0.0908. The summed E-state index contributed by atoms with van der Waals surface area (Å²) in [6.45, 7) is 0. The molecule has 1 N–H and O–H groups in total. The molecule has 1 saturated carbocycles. The van der Waals surface area contributed by atoms with Crippen molar-refractivity contribution >= 4 is 11.6 Å². The standard InChI is InChI=1S/C21H22N2O3/c24-21(25)10-6-15-5-8-19(26-17-3-1-2-4-17)18(13-15)16-7-9-20-22-11-12-23(20)14-16/h5,7-9,11-14,17H,1-4,6,10H2,(H,24,25). The van der Waals surface area contributed by atoms with Gasteiger partial charge in [-0.25, -0.2) is 4.98 Å². The Labute approximate surface area is 152 Å². The number of aryl methyl sites for hydroxylation is 1. The van der Waals surface area contributed by atoms with Crippen molar-refractivity contribution in [3.05, 3.63) is 54.5 Å². The minimum atomic E-state index is -0.780. The fourth-order valence-electron chi connectivity index (χ4n) is 3.58. The molecule has 1 aromatic carbocycles. The fraction of sp³-hybridized carbons (Fsp3) is 0.333. The Morgan fingerprint density at radius 3 is 2.88 bits per heavy atom. The molecule has 1 aliphatic carbocycles. The summed E-state index contributed by atoms with van der Waals surface area (Å²) in [5, 5.41) is 8.97. The molecule has 1 fully saturated rings. The van der Waals surface area contributed by atoms with Gasteiger partial charge in [0.25, 0.3) is 0 Å². The molecule has 0 saturated heterocycles. The number of fused-ring (bicyclic) bond motifs is 1. The lowest BCUT2D eigenvalue weighted by molar-refractivity contribution is -0.136. The van der Waals surface area contributed by atoms with Crippen LogP contribution in [0.25, 0.3) is 16.8 Å². The van der Waals surface area contributed by atoms with Crippen LogP contribution in [0.5, 0.6) is 5.75 Å². The van der Waals surface area contributed by atoms with Crippen molar-refractivity contribution < 1.29 is 14.6 Å². The number of nitrogens with zero attached hydrogens (tertiary/aromatic N) is 2. The van der Waals surface area contributed by atoms with Crippen LogP contribution < -0.4 is 4.74 Å². The van der Waals surface area contributed by atoms with Crippen molar-refractivity contribution in [3.8, 4) is 16.9 Å². The molecule has 3 aromatic rings. The van der Waals surface area contributed by atoms with E-state index in [0.717, 1.165) is 40.9 Å². The van der Waals surface area contributed by atoms with Gasteiger partial charge in [-0.15, -0.1) is 0 Å². The highest BCUT2D eigenvalue weighted by molar-refractivity contribution is 5.72. The molecule has 0 aliphatic heterocycles. The number of hydrogen-bond acceptors (Lipinski definition) is 3. The Bertz CT molecular complexity index is 926. The predicted molar refractivity (Wildman–Crippen MR) is 99.5 cm³/mol. The van der Waals surface area contributed by atoms with E-state index in [1.807, 2.05) is 41.1 Å². The van der Waals surface area contributed by atoms with Crippen LogP contribution in [0.3, 0.4) is 0 Å². The van der Waals surface area contributed by atoms with E-state index in [2.05, 4.69) is 11.1 Å². The van der Waals surface area contributed by atoms with Gasteiger partial charge in [0.15, 0.2) is 0 Å². The zero-order valence-electron chi connectivity index (χ0n) is 14.6. The molecule has 134 valence electrons. The number of aromatic nitrogens is 2. The molecule has 4 rings (SSSR count). The molecule has 0 amide bonds. The summed E-state index contributed by atoms with van der Waals surface area (Å²) in [6, 6.07) is 10.1. The minimum absolute atomic E-state index is 0.128. The number of carbonyl (C=O) groups is 1. The van der Waals surface area contributed by atoms with Crippen molar-refractivity contribution in [2.24, 2.45) is 0 Å². The molecule has 2 heterocycles. The largest absolute Gasteiger partial charge is 0.490 e. The normalized spacial score (nSPS) is 14.8. The van der Waals surface area contributed by atoms with E-state index < -0.39 is 5.97 Å². The van der Waals surface area contributed by atoms with E-state index in [9.17, 15) is 4.79 Å². The first-order valence-electron chi connectivity index (χ1n) is 9.13. The number of ether oxygens (including phenoxy) is 1. The first-order chi connectivity index (χ1) is 12.7. The highest BCUT2D eigenvalue weighted by atomic mass is 16.5. The highest BCUT2D eigenvalue weighted by Gasteiger charge is 2.19. The van der Waals surface area contributed by atoms with Crippen molar-refractivity contribution in [2.45, 2.75) is 44.6 Å².